The predicted molar refractivity (Wildman–Crippen MR) is 61.2 cm³/mol. The third kappa shape index (κ3) is 2.27. The van der Waals surface area contributed by atoms with Crippen LogP contribution in [0.4, 0.5) is 5.69 Å². The van der Waals surface area contributed by atoms with E-state index in [1.807, 2.05) is 19.1 Å². The van der Waals surface area contributed by atoms with Gasteiger partial charge in [0.15, 0.2) is 0 Å². The second-order valence-corrected chi connectivity index (χ2v) is 4.44. The number of nitrogens with zero attached hydrogens (tertiary/aromatic N) is 1. The molecule has 0 radical (unpaired) electrons. The number of rotatable bonds is 2. The lowest BCUT2D eigenvalue weighted by atomic mass is 10.2. The number of hydrogen-bond donors (Lipinski definition) is 1. The second-order valence-electron chi connectivity index (χ2n) is 3.04. The lowest BCUT2D eigenvalue weighted by Gasteiger charge is -2.05. The van der Waals surface area contributed by atoms with Crippen molar-refractivity contribution in [1.82, 2.24) is 4.98 Å². The summed E-state index contributed by atoms with van der Waals surface area (Å²) in [7, 11) is 0. The minimum Gasteiger partial charge on any atom is -0.440 e. The van der Waals surface area contributed by atoms with Gasteiger partial charge in [0.1, 0.15) is 6.26 Å². The number of aromatic nitrogens is 1. The summed E-state index contributed by atoms with van der Waals surface area (Å²) in [6.45, 7) is 1.97. The van der Waals surface area contributed by atoms with Crippen molar-refractivity contribution >= 4 is 29.1 Å². The standard InChI is InChI=1S/C10H9ClN2OS/c1-6-4-8(12)7(11)5-9(6)15-10-13-2-3-14-10/h2-5H,12H2,1H3. The van der Waals surface area contributed by atoms with Gasteiger partial charge in [0.25, 0.3) is 5.22 Å². The summed E-state index contributed by atoms with van der Waals surface area (Å²) >= 11 is 7.36. The van der Waals surface area contributed by atoms with E-state index >= 15 is 0 Å². The molecule has 0 aliphatic rings. The first-order valence-corrected chi connectivity index (χ1v) is 5.49. The molecule has 2 rings (SSSR count). The highest BCUT2D eigenvalue weighted by atomic mass is 35.5. The molecule has 0 bridgehead atoms. The fraction of sp³-hybridized carbons (Fsp3) is 0.100. The van der Waals surface area contributed by atoms with Gasteiger partial charge in [-0.25, -0.2) is 4.98 Å². The van der Waals surface area contributed by atoms with Crippen LogP contribution in [0.3, 0.4) is 0 Å². The average Bonchev–Trinajstić information content (AvgIpc) is 2.67. The average molecular weight is 241 g/mol. The minimum atomic E-state index is 0.551. The molecule has 15 heavy (non-hydrogen) atoms. The van der Waals surface area contributed by atoms with Gasteiger partial charge in [0.2, 0.25) is 0 Å². The van der Waals surface area contributed by atoms with Crippen LogP contribution in [0.1, 0.15) is 5.56 Å². The van der Waals surface area contributed by atoms with E-state index in [9.17, 15) is 0 Å². The van der Waals surface area contributed by atoms with Crippen LogP contribution in [0, 0.1) is 6.92 Å². The molecular weight excluding hydrogens is 232 g/mol. The molecule has 0 saturated heterocycles. The summed E-state index contributed by atoms with van der Waals surface area (Å²) in [4.78, 5) is 5.02. The van der Waals surface area contributed by atoms with E-state index in [0.717, 1.165) is 10.5 Å². The maximum absolute atomic E-state index is 5.94. The summed E-state index contributed by atoms with van der Waals surface area (Å²) in [6, 6.07) is 3.66. The maximum Gasteiger partial charge on any atom is 0.260 e. The zero-order valence-electron chi connectivity index (χ0n) is 8.03. The van der Waals surface area contributed by atoms with Gasteiger partial charge in [-0.3, -0.25) is 0 Å². The van der Waals surface area contributed by atoms with E-state index < -0.39 is 0 Å². The highest BCUT2D eigenvalue weighted by Crippen LogP contribution is 2.33. The molecule has 3 nitrogen and oxygen atoms in total. The monoisotopic (exact) mass is 240 g/mol. The number of oxazole rings is 1. The highest BCUT2D eigenvalue weighted by Gasteiger charge is 2.07. The summed E-state index contributed by atoms with van der Waals surface area (Å²) in [5.41, 5.74) is 7.33. The van der Waals surface area contributed by atoms with Crippen molar-refractivity contribution in [3.63, 3.8) is 0 Å². The number of benzene rings is 1. The lowest BCUT2D eigenvalue weighted by molar-refractivity contribution is 0.454. The van der Waals surface area contributed by atoms with Crippen molar-refractivity contribution in [3.05, 3.63) is 35.2 Å². The Labute approximate surface area is 96.6 Å². The van der Waals surface area contributed by atoms with E-state index in [1.54, 1.807) is 6.20 Å². The Morgan fingerprint density at radius 2 is 2.27 bits per heavy atom. The van der Waals surface area contributed by atoms with Gasteiger partial charge in [-0.05, 0) is 36.4 Å². The highest BCUT2D eigenvalue weighted by molar-refractivity contribution is 7.99. The molecule has 5 heteroatoms. The zero-order chi connectivity index (χ0) is 10.8. The third-order valence-corrected chi connectivity index (χ3v) is 3.26. The van der Waals surface area contributed by atoms with Crippen molar-refractivity contribution in [2.75, 3.05) is 5.73 Å². The van der Waals surface area contributed by atoms with Crippen LogP contribution in [-0.2, 0) is 0 Å². The summed E-state index contributed by atoms with van der Waals surface area (Å²) in [5.74, 6) is 0. The molecule has 0 fully saturated rings. The van der Waals surface area contributed by atoms with Gasteiger partial charge in [-0.2, -0.15) is 0 Å². The Bertz CT molecular complexity index is 471. The molecular formula is C10H9ClN2OS. The van der Waals surface area contributed by atoms with Crippen LogP contribution in [-0.4, -0.2) is 4.98 Å². The van der Waals surface area contributed by atoms with Crippen molar-refractivity contribution in [3.8, 4) is 0 Å². The Kier molecular flexibility index (Phi) is 2.88. The molecule has 2 N–H and O–H groups in total. The molecule has 0 saturated carbocycles. The minimum absolute atomic E-state index is 0.551. The number of nitrogens with two attached hydrogens (primary N) is 1. The van der Waals surface area contributed by atoms with Gasteiger partial charge in [-0.1, -0.05) is 11.6 Å². The Hall–Kier alpha value is -1.13. The smallest absolute Gasteiger partial charge is 0.260 e. The van der Waals surface area contributed by atoms with Gasteiger partial charge < -0.3 is 10.2 Å². The number of nitrogen functional groups attached to an aromatic ring is 1. The van der Waals surface area contributed by atoms with Crippen molar-refractivity contribution < 1.29 is 4.42 Å². The Morgan fingerprint density at radius 1 is 1.47 bits per heavy atom. The van der Waals surface area contributed by atoms with E-state index in [2.05, 4.69) is 4.98 Å². The molecule has 0 spiro atoms. The van der Waals surface area contributed by atoms with Crippen LogP contribution in [0.15, 0.2) is 39.1 Å². The Balaban J connectivity index is 2.33. The van der Waals surface area contributed by atoms with Crippen molar-refractivity contribution in [2.24, 2.45) is 0 Å². The van der Waals surface area contributed by atoms with E-state index in [4.69, 9.17) is 21.8 Å². The first-order chi connectivity index (χ1) is 7.16. The SMILES string of the molecule is Cc1cc(N)c(Cl)cc1Sc1ncco1. The lowest BCUT2D eigenvalue weighted by Crippen LogP contribution is -1.89. The number of aryl methyl sites for hydroxylation is 1. The summed E-state index contributed by atoms with van der Waals surface area (Å²) in [5, 5.41) is 1.15. The van der Waals surface area contributed by atoms with Crippen molar-refractivity contribution in [2.45, 2.75) is 17.0 Å². The molecule has 1 aromatic heterocycles. The van der Waals surface area contributed by atoms with Crippen LogP contribution < -0.4 is 5.73 Å². The Morgan fingerprint density at radius 3 is 2.93 bits per heavy atom. The van der Waals surface area contributed by atoms with E-state index in [-0.39, 0.29) is 0 Å². The van der Waals surface area contributed by atoms with Crippen LogP contribution in [0.25, 0.3) is 0 Å². The fourth-order valence-corrected chi connectivity index (χ4v) is 2.18. The number of hydrogen-bond acceptors (Lipinski definition) is 4. The summed E-state index contributed by atoms with van der Waals surface area (Å²) in [6.07, 6.45) is 3.15. The largest absolute Gasteiger partial charge is 0.440 e. The summed E-state index contributed by atoms with van der Waals surface area (Å²) < 4.78 is 5.14. The first-order valence-electron chi connectivity index (χ1n) is 4.30. The van der Waals surface area contributed by atoms with Crippen LogP contribution in [0.5, 0.6) is 0 Å². The first kappa shape index (κ1) is 10.4. The second kappa shape index (κ2) is 4.16. The van der Waals surface area contributed by atoms with E-state index in [0.29, 0.717) is 15.9 Å². The molecule has 2 aromatic rings. The molecule has 0 aliphatic heterocycles. The molecule has 0 amide bonds. The molecule has 78 valence electrons. The molecule has 0 atom stereocenters. The molecule has 0 aliphatic carbocycles. The molecule has 1 heterocycles. The van der Waals surface area contributed by atoms with Gasteiger partial charge in [0.05, 0.1) is 16.9 Å². The topological polar surface area (TPSA) is 52.0 Å². The molecule has 0 unspecified atom stereocenters. The van der Waals surface area contributed by atoms with Crippen LogP contribution in [0.2, 0.25) is 5.02 Å². The third-order valence-electron chi connectivity index (χ3n) is 1.90. The number of anilines is 1. The molecule has 1 aromatic carbocycles. The fourth-order valence-electron chi connectivity index (χ4n) is 1.15. The van der Waals surface area contributed by atoms with E-state index in [1.165, 1.54) is 18.0 Å². The maximum atomic E-state index is 5.94. The zero-order valence-corrected chi connectivity index (χ0v) is 9.60. The normalized spacial score (nSPS) is 10.5. The predicted octanol–water partition coefficient (Wildman–Crippen LogP) is 3.37. The van der Waals surface area contributed by atoms with Crippen LogP contribution >= 0.6 is 23.4 Å². The van der Waals surface area contributed by atoms with Gasteiger partial charge in [-0.15, -0.1) is 0 Å². The quantitative estimate of drug-likeness (QED) is 0.818. The number of halogens is 1. The van der Waals surface area contributed by atoms with Gasteiger partial charge in [0, 0.05) is 4.90 Å². The van der Waals surface area contributed by atoms with Gasteiger partial charge >= 0.3 is 0 Å². The van der Waals surface area contributed by atoms with Crippen molar-refractivity contribution in [1.29, 1.82) is 0 Å².